The van der Waals surface area contributed by atoms with Crippen molar-refractivity contribution >= 4 is 29.3 Å². The molecule has 22 heavy (non-hydrogen) atoms. The summed E-state index contributed by atoms with van der Waals surface area (Å²) >= 11 is 5.76. The fraction of sp³-hybridized carbons (Fsp3) is 0.357. The number of primary amides is 1. The van der Waals surface area contributed by atoms with Gasteiger partial charge in [0.2, 0.25) is 5.91 Å². The molecule has 0 atom stereocenters. The molecule has 0 aliphatic heterocycles. The first kappa shape index (κ1) is 17.8. The Morgan fingerprint density at radius 2 is 1.95 bits per heavy atom. The van der Waals surface area contributed by atoms with Crippen LogP contribution in [-0.4, -0.2) is 37.4 Å². The molecule has 0 aliphatic rings. The summed E-state index contributed by atoms with van der Waals surface area (Å²) in [5.41, 5.74) is 5.29. The molecule has 1 rings (SSSR count). The Morgan fingerprint density at radius 1 is 1.23 bits per heavy atom. The van der Waals surface area contributed by atoms with Gasteiger partial charge in [-0.3, -0.25) is 14.4 Å². The van der Waals surface area contributed by atoms with Crippen LogP contribution >= 0.6 is 11.6 Å². The molecule has 8 heteroatoms. The molecular weight excluding hydrogens is 310 g/mol. The molecule has 1 aromatic rings. The van der Waals surface area contributed by atoms with E-state index >= 15 is 0 Å². The third kappa shape index (κ3) is 6.01. The predicted octanol–water partition coefficient (Wildman–Crippen LogP) is 0.460. The van der Waals surface area contributed by atoms with Crippen LogP contribution in [0.2, 0.25) is 5.02 Å². The molecule has 1 aromatic carbocycles. The number of amides is 3. The second-order valence-corrected chi connectivity index (χ2v) is 4.86. The summed E-state index contributed by atoms with van der Waals surface area (Å²) in [6.45, 7) is 2.00. The van der Waals surface area contributed by atoms with Gasteiger partial charge in [-0.1, -0.05) is 18.5 Å². The molecule has 0 aromatic heterocycles. The zero-order valence-corrected chi connectivity index (χ0v) is 12.9. The summed E-state index contributed by atoms with van der Waals surface area (Å²) in [4.78, 5) is 34.2. The summed E-state index contributed by atoms with van der Waals surface area (Å²) in [5.74, 6) is -1.32. The molecular formula is C14H18ClN3O4. The van der Waals surface area contributed by atoms with Gasteiger partial charge < -0.3 is 21.1 Å². The van der Waals surface area contributed by atoms with E-state index in [0.29, 0.717) is 11.6 Å². The SMILES string of the molecule is CCCNC(=O)CNC(=O)COc1ccc(Cl)cc1C(N)=O. The van der Waals surface area contributed by atoms with Crippen LogP contribution in [0.25, 0.3) is 0 Å². The summed E-state index contributed by atoms with van der Waals surface area (Å²) in [6.07, 6.45) is 0.815. The lowest BCUT2D eigenvalue weighted by molar-refractivity contribution is -0.127. The van der Waals surface area contributed by atoms with Crippen LogP contribution in [0.3, 0.4) is 0 Å². The van der Waals surface area contributed by atoms with Crippen molar-refractivity contribution in [2.45, 2.75) is 13.3 Å². The third-order valence-electron chi connectivity index (χ3n) is 2.58. The van der Waals surface area contributed by atoms with Crippen molar-refractivity contribution in [1.29, 1.82) is 0 Å². The molecule has 0 fully saturated rings. The van der Waals surface area contributed by atoms with Crippen LogP contribution in [0.4, 0.5) is 0 Å². The van der Waals surface area contributed by atoms with Crippen LogP contribution in [0.1, 0.15) is 23.7 Å². The molecule has 0 saturated heterocycles. The van der Waals surface area contributed by atoms with E-state index < -0.39 is 11.8 Å². The Bertz CT molecular complexity index is 563. The maximum absolute atomic E-state index is 11.6. The Labute approximate surface area is 133 Å². The van der Waals surface area contributed by atoms with Gasteiger partial charge in [0.1, 0.15) is 5.75 Å². The number of nitrogens with one attached hydrogen (secondary N) is 2. The van der Waals surface area contributed by atoms with E-state index in [-0.39, 0.29) is 30.4 Å². The Morgan fingerprint density at radius 3 is 2.59 bits per heavy atom. The summed E-state index contributed by atoms with van der Waals surface area (Å²) in [7, 11) is 0. The number of hydrogen-bond donors (Lipinski definition) is 3. The molecule has 0 aliphatic carbocycles. The Kier molecular flexibility index (Phi) is 7.18. The fourth-order valence-electron chi connectivity index (χ4n) is 1.52. The predicted molar refractivity (Wildman–Crippen MR) is 81.8 cm³/mol. The zero-order valence-electron chi connectivity index (χ0n) is 12.1. The third-order valence-corrected chi connectivity index (χ3v) is 2.82. The van der Waals surface area contributed by atoms with E-state index in [2.05, 4.69) is 10.6 Å². The molecule has 7 nitrogen and oxygen atoms in total. The molecule has 0 bridgehead atoms. The highest BCUT2D eigenvalue weighted by Gasteiger charge is 2.12. The van der Waals surface area contributed by atoms with E-state index in [1.807, 2.05) is 6.92 Å². The van der Waals surface area contributed by atoms with Gasteiger partial charge >= 0.3 is 0 Å². The summed E-state index contributed by atoms with van der Waals surface area (Å²) < 4.78 is 5.23. The van der Waals surface area contributed by atoms with Crippen molar-refractivity contribution in [3.05, 3.63) is 28.8 Å². The summed E-state index contributed by atoms with van der Waals surface area (Å²) in [6, 6.07) is 4.32. The number of rotatable bonds is 8. The number of halogens is 1. The van der Waals surface area contributed by atoms with Crippen LogP contribution in [0, 0.1) is 0 Å². The van der Waals surface area contributed by atoms with Crippen LogP contribution in [0.5, 0.6) is 5.75 Å². The Balaban J connectivity index is 2.48. The van der Waals surface area contributed by atoms with Gasteiger partial charge in [-0.05, 0) is 24.6 Å². The number of benzene rings is 1. The number of nitrogens with two attached hydrogens (primary N) is 1. The van der Waals surface area contributed by atoms with E-state index in [0.717, 1.165) is 6.42 Å². The highest BCUT2D eigenvalue weighted by Crippen LogP contribution is 2.22. The molecule has 0 heterocycles. The minimum Gasteiger partial charge on any atom is -0.483 e. The second kappa shape index (κ2) is 8.89. The van der Waals surface area contributed by atoms with Crippen molar-refractivity contribution in [2.24, 2.45) is 5.73 Å². The minimum atomic E-state index is -0.711. The van der Waals surface area contributed by atoms with Crippen LogP contribution in [0.15, 0.2) is 18.2 Å². The maximum atomic E-state index is 11.6. The average molecular weight is 328 g/mol. The monoisotopic (exact) mass is 327 g/mol. The number of ether oxygens (including phenoxy) is 1. The second-order valence-electron chi connectivity index (χ2n) is 4.42. The standard InChI is InChI=1S/C14H18ClN3O4/c1-2-5-17-12(19)7-18-13(20)8-22-11-4-3-9(15)6-10(11)14(16)21/h3-4,6H,2,5,7-8H2,1H3,(H2,16,21)(H,17,19)(H,18,20). The number of carbonyl (C=O) groups excluding carboxylic acids is 3. The quantitative estimate of drug-likeness (QED) is 0.644. The van der Waals surface area contributed by atoms with Gasteiger partial charge in [0, 0.05) is 11.6 Å². The smallest absolute Gasteiger partial charge is 0.258 e. The molecule has 0 saturated carbocycles. The van der Waals surface area contributed by atoms with Gasteiger partial charge in [-0.25, -0.2) is 0 Å². The normalized spacial score (nSPS) is 9.91. The maximum Gasteiger partial charge on any atom is 0.258 e. The van der Waals surface area contributed by atoms with Crippen LogP contribution < -0.4 is 21.1 Å². The van der Waals surface area contributed by atoms with Gasteiger partial charge in [-0.15, -0.1) is 0 Å². The van der Waals surface area contributed by atoms with Gasteiger partial charge in [0.05, 0.1) is 12.1 Å². The van der Waals surface area contributed by atoms with Gasteiger partial charge in [0.15, 0.2) is 6.61 Å². The molecule has 4 N–H and O–H groups in total. The van der Waals surface area contributed by atoms with Crippen molar-refractivity contribution in [2.75, 3.05) is 19.7 Å². The fourth-order valence-corrected chi connectivity index (χ4v) is 1.69. The average Bonchev–Trinajstić information content (AvgIpc) is 2.49. The van der Waals surface area contributed by atoms with Crippen molar-refractivity contribution in [3.63, 3.8) is 0 Å². The zero-order chi connectivity index (χ0) is 16.5. The van der Waals surface area contributed by atoms with Crippen molar-refractivity contribution in [1.82, 2.24) is 10.6 Å². The number of hydrogen-bond acceptors (Lipinski definition) is 4. The molecule has 0 radical (unpaired) electrons. The first-order chi connectivity index (χ1) is 10.4. The first-order valence-corrected chi connectivity index (χ1v) is 7.07. The van der Waals surface area contributed by atoms with E-state index in [1.54, 1.807) is 0 Å². The molecule has 120 valence electrons. The molecule has 3 amide bonds. The lowest BCUT2D eigenvalue weighted by Gasteiger charge is -2.10. The minimum absolute atomic E-state index is 0.0842. The van der Waals surface area contributed by atoms with Crippen molar-refractivity contribution < 1.29 is 19.1 Å². The summed E-state index contributed by atoms with van der Waals surface area (Å²) in [5, 5.41) is 5.36. The highest BCUT2D eigenvalue weighted by molar-refractivity contribution is 6.31. The Hall–Kier alpha value is -2.28. The van der Waals surface area contributed by atoms with Crippen LogP contribution in [-0.2, 0) is 9.59 Å². The van der Waals surface area contributed by atoms with Crippen molar-refractivity contribution in [3.8, 4) is 5.75 Å². The van der Waals surface area contributed by atoms with Gasteiger partial charge in [-0.2, -0.15) is 0 Å². The lowest BCUT2D eigenvalue weighted by Crippen LogP contribution is -2.39. The highest BCUT2D eigenvalue weighted by atomic mass is 35.5. The topological polar surface area (TPSA) is 111 Å². The van der Waals surface area contributed by atoms with Gasteiger partial charge in [0.25, 0.3) is 11.8 Å². The lowest BCUT2D eigenvalue weighted by atomic mass is 10.2. The van der Waals surface area contributed by atoms with E-state index in [4.69, 9.17) is 22.1 Å². The molecule has 0 spiro atoms. The largest absolute Gasteiger partial charge is 0.483 e. The van der Waals surface area contributed by atoms with E-state index in [9.17, 15) is 14.4 Å². The number of carbonyl (C=O) groups is 3. The van der Waals surface area contributed by atoms with E-state index in [1.165, 1.54) is 18.2 Å². The first-order valence-electron chi connectivity index (χ1n) is 6.69. The molecule has 0 unspecified atom stereocenters.